The Morgan fingerprint density at radius 2 is 2.42 bits per heavy atom. The molecule has 0 aromatic carbocycles. The lowest BCUT2D eigenvalue weighted by Gasteiger charge is -1.87. The first-order valence-corrected chi connectivity index (χ1v) is 3.78. The number of halogens is 1. The number of aliphatic hydroxyl groups excluding tert-OH is 1. The highest BCUT2D eigenvalue weighted by molar-refractivity contribution is 6.28. The van der Waals surface area contributed by atoms with E-state index in [0.29, 0.717) is 11.3 Å². The number of nitrogens with one attached hydrogen (secondary N) is 1. The first kappa shape index (κ1) is 7.52. The minimum atomic E-state index is -0.0338. The van der Waals surface area contributed by atoms with Crippen LogP contribution in [0, 0.1) is 0 Å². The third-order valence-electron chi connectivity index (χ3n) is 1.57. The van der Waals surface area contributed by atoms with Crippen molar-refractivity contribution >= 4 is 22.6 Å². The number of hydrogen-bond acceptors (Lipinski definition) is 3. The van der Waals surface area contributed by atoms with Gasteiger partial charge in [-0.2, -0.15) is 4.98 Å². The van der Waals surface area contributed by atoms with Gasteiger partial charge in [-0.05, 0) is 17.7 Å². The number of aromatic nitrogens is 3. The molecule has 0 bridgehead atoms. The van der Waals surface area contributed by atoms with E-state index in [9.17, 15) is 0 Å². The maximum absolute atomic E-state index is 8.80. The van der Waals surface area contributed by atoms with Gasteiger partial charge in [-0.3, -0.25) is 0 Å². The topological polar surface area (TPSA) is 61.8 Å². The lowest BCUT2D eigenvalue weighted by atomic mass is 10.4. The van der Waals surface area contributed by atoms with E-state index in [2.05, 4.69) is 15.0 Å². The summed E-state index contributed by atoms with van der Waals surface area (Å²) >= 11 is 5.57. The Balaban J connectivity index is 2.67. The standard InChI is InChI=1S/C7H6ClN3O/c8-7-9-2-4-1-5(3-12)10-6(4)11-7/h1-2,12H,3H2,(H,9,10,11). The molecule has 4 nitrogen and oxygen atoms in total. The van der Waals surface area contributed by atoms with Gasteiger partial charge < -0.3 is 10.1 Å². The van der Waals surface area contributed by atoms with Crippen molar-refractivity contribution in [2.75, 3.05) is 0 Å². The second kappa shape index (κ2) is 2.73. The minimum Gasteiger partial charge on any atom is -0.390 e. The van der Waals surface area contributed by atoms with Crippen LogP contribution in [0.3, 0.4) is 0 Å². The van der Waals surface area contributed by atoms with Crippen molar-refractivity contribution in [1.82, 2.24) is 15.0 Å². The zero-order valence-corrected chi connectivity index (χ0v) is 6.84. The first-order valence-electron chi connectivity index (χ1n) is 3.40. The second-order valence-corrected chi connectivity index (χ2v) is 2.73. The highest BCUT2D eigenvalue weighted by atomic mass is 35.5. The zero-order chi connectivity index (χ0) is 8.55. The van der Waals surface area contributed by atoms with Crippen LogP contribution in [-0.4, -0.2) is 20.1 Å². The van der Waals surface area contributed by atoms with Crippen LogP contribution in [0.5, 0.6) is 0 Å². The van der Waals surface area contributed by atoms with Crippen LogP contribution in [0.1, 0.15) is 5.69 Å². The average molecular weight is 184 g/mol. The van der Waals surface area contributed by atoms with Gasteiger partial charge in [0.1, 0.15) is 5.65 Å². The molecule has 2 aromatic rings. The molecule has 2 N–H and O–H groups in total. The summed E-state index contributed by atoms with van der Waals surface area (Å²) < 4.78 is 0. The second-order valence-electron chi connectivity index (χ2n) is 2.40. The van der Waals surface area contributed by atoms with Gasteiger partial charge in [0.2, 0.25) is 5.28 Å². The van der Waals surface area contributed by atoms with E-state index in [1.54, 1.807) is 12.3 Å². The lowest BCUT2D eigenvalue weighted by molar-refractivity contribution is 0.278. The van der Waals surface area contributed by atoms with E-state index in [-0.39, 0.29) is 11.9 Å². The molecule has 0 radical (unpaired) electrons. The number of fused-ring (bicyclic) bond motifs is 1. The van der Waals surface area contributed by atoms with Crippen molar-refractivity contribution < 1.29 is 5.11 Å². The molecule has 12 heavy (non-hydrogen) atoms. The largest absolute Gasteiger partial charge is 0.390 e. The fraction of sp³-hybridized carbons (Fsp3) is 0.143. The molecule has 62 valence electrons. The molecule has 0 fully saturated rings. The van der Waals surface area contributed by atoms with E-state index < -0.39 is 0 Å². The number of aliphatic hydroxyl groups is 1. The van der Waals surface area contributed by atoms with Gasteiger partial charge in [-0.25, -0.2) is 4.98 Å². The highest BCUT2D eigenvalue weighted by Gasteiger charge is 2.01. The predicted molar refractivity (Wildman–Crippen MR) is 44.8 cm³/mol. The number of rotatable bonds is 1. The van der Waals surface area contributed by atoms with Crippen LogP contribution in [0.25, 0.3) is 11.0 Å². The molecule has 0 saturated heterocycles. The van der Waals surface area contributed by atoms with Crippen LogP contribution in [0.4, 0.5) is 0 Å². The van der Waals surface area contributed by atoms with Gasteiger partial charge >= 0.3 is 0 Å². The van der Waals surface area contributed by atoms with Crippen molar-refractivity contribution in [2.24, 2.45) is 0 Å². The molecule has 0 aliphatic carbocycles. The Morgan fingerprint density at radius 3 is 3.17 bits per heavy atom. The van der Waals surface area contributed by atoms with Crippen molar-refractivity contribution in [2.45, 2.75) is 6.61 Å². The van der Waals surface area contributed by atoms with Crippen molar-refractivity contribution in [3.05, 3.63) is 23.2 Å². The maximum Gasteiger partial charge on any atom is 0.224 e. The minimum absolute atomic E-state index is 0.0338. The lowest BCUT2D eigenvalue weighted by Crippen LogP contribution is -1.82. The van der Waals surface area contributed by atoms with E-state index in [4.69, 9.17) is 16.7 Å². The molecular formula is C7H6ClN3O. The molecular weight excluding hydrogens is 178 g/mol. The predicted octanol–water partition coefficient (Wildman–Crippen LogP) is 1.10. The first-order chi connectivity index (χ1) is 5.79. The van der Waals surface area contributed by atoms with Gasteiger partial charge in [0, 0.05) is 17.3 Å². The summed E-state index contributed by atoms with van der Waals surface area (Å²) in [6.07, 6.45) is 1.61. The van der Waals surface area contributed by atoms with Gasteiger partial charge in [0.25, 0.3) is 0 Å². The fourth-order valence-electron chi connectivity index (χ4n) is 1.04. The Bertz CT molecular complexity index is 412. The number of H-pyrrole nitrogens is 1. The summed E-state index contributed by atoms with van der Waals surface area (Å²) in [6.45, 7) is -0.0338. The summed E-state index contributed by atoms with van der Waals surface area (Å²) in [7, 11) is 0. The van der Waals surface area contributed by atoms with Crippen LogP contribution in [0.15, 0.2) is 12.3 Å². The van der Waals surface area contributed by atoms with Gasteiger partial charge in [-0.15, -0.1) is 0 Å². The smallest absolute Gasteiger partial charge is 0.224 e. The van der Waals surface area contributed by atoms with Crippen molar-refractivity contribution in [1.29, 1.82) is 0 Å². The Kier molecular flexibility index (Phi) is 1.71. The van der Waals surface area contributed by atoms with Crippen LogP contribution >= 0.6 is 11.6 Å². The Morgan fingerprint density at radius 1 is 1.58 bits per heavy atom. The van der Waals surface area contributed by atoms with E-state index in [1.807, 2.05) is 0 Å². The van der Waals surface area contributed by atoms with Gasteiger partial charge in [-0.1, -0.05) is 0 Å². The monoisotopic (exact) mass is 183 g/mol. The molecule has 0 amide bonds. The van der Waals surface area contributed by atoms with Gasteiger partial charge in [0.05, 0.1) is 6.61 Å². The third-order valence-corrected chi connectivity index (χ3v) is 1.75. The van der Waals surface area contributed by atoms with E-state index >= 15 is 0 Å². The highest BCUT2D eigenvalue weighted by Crippen LogP contribution is 2.13. The van der Waals surface area contributed by atoms with Crippen LogP contribution < -0.4 is 0 Å². The molecule has 2 aromatic heterocycles. The number of nitrogens with zero attached hydrogens (tertiary/aromatic N) is 2. The average Bonchev–Trinajstić information content (AvgIpc) is 2.46. The third kappa shape index (κ3) is 1.15. The molecule has 0 aliphatic rings. The van der Waals surface area contributed by atoms with Crippen molar-refractivity contribution in [3.8, 4) is 0 Å². The molecule has 0 atom stereocenters. The van der Waals surface area contributed by atoms with Crippen LogP contribution in [0.2, 0.25) is 5.28 Å². The Hall–Kier alpha value is -1.13. The van der Waals surface area contributed by atoms with Crippen LogP contribution in [-0.2, 0) is 6.61 Å². The summed E-state index contributed by atoms with van der Waals surface area (Å²) in [6, 6.07) is 1.78. The van der Waals surface area contributed by atoms with E-state index in [0.717, 1.165) is 5.39 Å². The number of aromatic amines is 1. The quantitative estimate of drug-likeness (QED) is 0.651. The molecule has 0 saturated carbocycles. The molecule has 5 heteroatoms. The summed E-state index contributed by atoms with van der Waals surface area (Å²) in [5, 5.41) is 9.85. The molecule has 2 heterocycles. The Labute approximate surface area is 73.2 Å². The summed E-state index contributed by atoms with van der Waals surface area (Å²) in [4.78, 5) is 10.6. The maximum atomic E-state index is 8.80. The summed E-state index contributed by atoms with van der Waals surface area (Å²) in [5.41, 5.74) is 1.36. The fourth-order valence-corrected chi connectivity index (χ4v) is 1.17. The molecule has 0 unspecified atom stereocenters. The zero-order valence-electron chi connectivity index (χ0n) is 6.08. The molecule has 0 spiro atoms. The molecule has 0 aliphatic heterocycles. The number of hydrogen-bond donors (Lipinski definition) is 2. The summed E-state index contributed by atoms with van der Waals surface area (Å²) in [5.74, 6) is 0. The normalized spacial score (nSPS) is 10.8. The van der Waals surface area contributed by atoms with Gasteiger partial charge in [0.15, 0.2) is 0 Å². The molecule has 2 rings (SSSR count). The van der Waals surface area contributed by atoms with E-state index in [1.165, 1.54) is 0 Å². The SMILES string of the molecule is OCc1cc2cnc(Cl)nc2[nH]1. The van der Waals surface area contributed by atoms with Crippen molar-refractivity contribution in [3.63, 3.8) is 0 Å².